The lowest BCUT2D eigenvalue weighted by atomic mass is 9.53. The highest BCUT2D eigenvalue weighted by Crippen LogP contribution is 2.55. The van der Waals surface area contributed by atoms with Gasteiger partial charge in [-0.15, -0.1) is 11.3 Å². The van der Waals surface area contributed by atoms with E-state index in [9.17, 15) is 4.79 Å². The largest absolute Gasteiger partial charge is 0.360 e. The zero-order valence-electron chi connectivity index (χ0n) is 15.3. The Kier molecular flexibility index (Phi) is 3.92. The highest BCUT2D eigenvalue weighted by atomic mass is 32.1. The number of carbonyl (C=O) groups is 1. The molecular weight excluding hydrogens is 344 g/mol. The third-order valence-electron chi connectivity index (χ3n) is 6.59. The number of hydrogen-bond donors (Lipinski definition) is 2. The Balaban J connectivity index is 1.26. The number of carbonyl (C=O) groups excluding carboxylic acids is 1. The molecule has 0 aliphatic heterocycles. The van der Waals surface area contributed by atoms with Gasteiger partial charge in [0, 0.05) is 10.4 Å². The third-order valence-corrected chi connectivity index (χ3v) is 7.78. The molecule has 6 heteroatoms. The summed E-state index contributed by atoms with van der Waals surface area (Å²) in [7, 11) is 0. The van der Waals surface area contributed by atoms with E-state index in [0.717, 1.165) is 40.2 Å². The molecule has 0 radical (unpaired) electrons. The van der Waals surface area contributed by atoms with Crippen LogP contribution in [0, 0.1) is 17.8 Å². The minimum absolute atomic E-state index is 0.0757. The first kappa shape index (κ1) is 16.5. The number of aryl methyl sites for hydroxylation is 1. The maximum atomic E-state index is 12.7. The van der Waals surface area contributed by atoms with Crippen LogP contribution in [0.1, 0.15) is 50.3 Å². The van der Waals surface area contributed by atoms with Crippen molar-refractivity contribution in [2.75, 3.05) is 11.9 Å². The summed E-state index contributed by atoms with van der Waals surface area (Å²) in [5.74, 6) is 3.40. The van der Waals surface area contributed by atoms with E-state index in [1.54, 1.807) is 17.7 Å². The quantitative estimate of drug-likeness (QED) is 0.841. The van der Waals surface area contributed by atoms with Gasteiger partial charge in [0.2, 0.25) is 5.91 Å². The van der Waals surface area contributed by atoms with Gasteiger partial charge in [-0.05, 0) is 68.8 Å². The number of rotatable bonds is 5. The van der Waals surface area contributed by atoms with Crippen molar-refractivity contribution in [2.24, 2.45) is 17.8 Å². The number of amides is 1. The van der Waals surface area contributed by atoms with E-state index < -0.39 is 0 Å². The summed E-state index contributed by atoms with van der Waals surface area (Å²) in [5, 5.41) is 7.69. The minimum Gasteiger partial charge on any atom is -0.360 e. The Morgan fingerprint density at radius 2 is 1.88 bits per heavy atom. The second-order valence-electron chi connectivity index (χ2n) is 8.61. The molecule has 5 nitrogen and oxygen atoms in total. The van der Waals surface area contributed by atoms with Crippen molar-refractivity contribution in [3.05, 3.63) is 17.3 Å². The molecule has 4 aliphatic carbocycles. The SMILES string of the molecule is CCc1cc2c(NCC(=O)NC34CC5CC(CC(C5)C3)C4)ncnc2s1. The standard InChI is InChI=1S/C20H26N4OS/c1-2-15-6-16-18(22-11-23-19(16)26-15)21-10-17(25)24-20-7-12-3-13(8-20)5-14(4-12)9-20/h6,11-14H,2-5,7-10H2,1H3,(H,24,25)(H,21,22,23). The summed E-state index contributed by atoms with van der Waals surface area (Å²) in [6.07, 6.45) is 10.3. The van der Waals surface area contributed by atoms with Gasteiger partial charge in [-0.25, -0.2) is 9.97 Å². The van der Waals surface area contributed by atoms with E-state index in [1.165, 1.54) is 43.4 Å². The minimum atomic E-state index is 0.0757. The first-order chi connectivity index (χ1) is 12.6. The first-order valence-electron chi connectivity index (χ1n) is 9.91. The molecule has 2 heterocycles. The van der Waals surface area contributed by atoms with E-state index in [4.69, 9.17) is 0 Å². The fraction of sp³-hybridized carbons (Fsp3) is 0.650. The molecule has 0 unspecified atom stereocenters. The van der Waals surface area contributed by atoms with Crippen LogP contribution >= 0.6 is 11.3 Å². The van der Waals surface area contributed by atoms with Crippen molar-refractivity contribution >= 4 is 33.3 Å². The fourth-order valence-corrected chi connectivity index (χ4v) is 6.92. The second kappa shape index (κ2) is 6.19. The summed E-state index contributed by atoms with van der Waals surface area (Å²) < 4.78 is 0. The Hall–Kier alpha value is -1.69. The van der Waals surface area contributed by atoms with Gasteiger partial charge in [-0.1, -0.05) is 6.92 Å². The molecular formula is C20H26N4OS. The summed E-state index contributed by atoms with van der Waals surface area (Å²) in [6, 6.07) is 2.14. The lowest BCUT2D eigenvalue weighted by Gasteiger charge is -2.56. The number of anilines is 1. The van der Waals surface area contributed by atoms with Crippen molar-refractivity contribution < 1.29 is 4.79 Å². The molecule has 0 spiro atoms. The number of nitrogens with one attached hydrogen (secondary N) is 2. The van der Waals surface area contributed by atoms with Crippen LogP contribution in [-0.4, -0.2) is 28.0 Å². The number of fused-ring (bicyclic) bond motifs is 1. The normalized spacial score (nSPS) is 32.1. The van der Waals surface area contributed by atoms with Crippen molar-refractivity contribution in [1.82, 2.24) is 15.3 Å². The Morgan fingerprint density at radius 1 is 1.19 bits per heavy atom. The van der Waals surface area contributed by atoms with Crippen LogP contribution in [0.4, 0.5) is 5.82 Å². The van der Waals surface area contributed by atoms with E-state index in [0.29, 0.717) is 0 Å². The molecule has 1 amide bonds. The molecule has 0 aromatic carbocycles. The van der Waals surface area contributed by atoms with Crippen molar-refractivity contribution in [3.8, 4) is 0 Å². The molecule has 138 valence electrons. The van der Waals surface area contributed by atoms with E-state index in [-0.39, 0.29) is 18.0 Å². The maximum absolute atomic E-state index is 12.7. The highest BCUT2D eigenvalue weighted by Gasteiger charge is 2.51. The van der Waals surface area contributed by atoms with Gasteiger partial charge in [-0.3, -0.25) is 4.79 Å². The molecule has 4 fully saturated rings. The zero-order chi connectivity index (χ0) is 17.7. The molecule has 0 saturated heterocycles. The van der Waals surface area contributed by atoms with Gasteiger partial charge >= 0.3 is 0 Å². The van der Waals surface area contributed by atoms with E-state index in [1.807, 2.05) is 0 Å². The second-order valence-corrected chi connectivity index (χ2v) is 9.72. The summed E-state index contributed by atoms with van der Waals surface area (Å²) >= 11 is 1.70. The number of hydrogen-bond acceptors (Lipinski definition) is 5. The van der Waals surface area contributed by atoms with Crippen LogP contribution in [0.3, 0.4) is 0 Å². The predicted molar refractivity (Wildman–Crippen MR) is 104 cm³/mol. The summed E-state index contributed by atoms with van der Waals surface area (Å²) in [6.45, 7) is 2.43. The van der Waals surface area contributed by atoms with Crippen LogP contribution in [0.25, 0.3) is 10.2 Å². The van der Waals surface area contributed by atoms with Crippen molar-refractivity contribution in [3.63, 3.8) is 0 Å². The average Bonchev–Trinajstić information content (AvgIpc) is 3.02. The molecule has 0 atom stereocenters. The number of aromatic nitrogens is 2. The molecule has 2 aromatic heterocycles. The summed E-state index contributed by atoms with van der Waals surface area (Å²) in [5.41, 5.74) is 0.0757. The number of thiophene rings is 1. The van der Waals surface area contributed by atoms with E-state index >= 15 is 0 Å². The van der Waals surface area contributed by atoms with Crippen LogP contribution in [0.15, 0.2) is 12.4 Å². The Labute approximate surface area is 158 Å². The Bertz CT molecular complexity index is 810. The topological polar surface area (TPSA) is 66.9 Å². The molecule has 26 heavy (non-hydrogen) atoms. The maximum Gasteiger partial charge on any atom is 0.239 e. The molecule has 2 N–H and O–H groups in total. The van der Waals surface area contributed by atoms with Gasteiger partial charge in [0.05, 0.1) is 11.9 Å². The highest BCUT2D eigenvalue weighted by molar-refractivity contribution is 7.18. The van der Waals surface area contributed by atoms with Crippen LogP contribution in [-0.2, 0) is 11.2 Å². The average molecular weight is 371 g/mol. The van der Waals surface area contributed by atoms with Crippen LogP contribution < -0.4 is 10.6 Å². The predicted octanol–water partition coefficient (Wildman–Crippen LogP) is 3.75. The third kappa shape index (κ3) is 2.88. The van der Waals surface area contributed by atoms with Gasteiger partial charge in [0.1, 0.15) is 17.0 Å². The lowest BCUT2D eigenvalue weighted by Crippen LogP contribution is -2.60. The lowest BCUT2D eigenvalue weighted by molar-refractivity contribution is -0.125. The van der Waals surface area contributed by atoms with E-state index in [2.05, 4.69) is 33.6 Å². The van der Waals surface area contributed by atoms with Gasteiger partial charge < -0.3 is 10.6 Å². The van der Waals surface area contributed by atoms with Gasteiger partial charge in [0.15, 0.2) is 0 Å². The number of nitrogens with zero attached hydrogens (tertiary/aromatic N) is 2. The summed E-state index contributed by atoms with van der Waals surface area (Å²) in [4.78, 5) is 23.7. The van der Waals surface area contributed by atoms with Crippen LogP contribution in [0.5, 0.6) is 0 Å². The fourth-order valence-electron chi connectivity index (χ4n) is 5.99. The van der Waals surface area contributed by atoms with Crippen molar-refractivity contribution in [2.45, 2.75) is 57.4 Å². The monoisotopic (exact) mass is 370 g/mol. The molecule has 4 saturated carbocycles. The van der Waals surface area contributed by atoms with Gasteiger partial charge in [-0.2, -0.15) is 0 Å². The Morgan fingerprint density at radius 3 is 2.54 bits per heavy atom. The zero-order valence-corrected chi connectivity index (χ0v) is 16.1. The van der Waals surface area contributed by atoms with Crippen molar-refractivity contribution in [1.29, 1.82) is 0 Å². The molecule has 6 rings (SSSR count). The molecule has 2 aromatic rings. The molecule has 4 aliphatic rings. The smallest absolute Gasteiger partial charge is 0.239 e. The first-order valence-corrected chi connectivity index (χ1v) is 10.7. The van der Waals surface area contributed by atoms with Crippen LogP contribution in [0.2, 0.25) is 0 Å². The van der Waals surface area contributed by atoms with Gasteiger partial charge in [0.25, 0.3) is 0 Å². The molecule has 4 bridgehead atoms.